The lowest BCUT2D eigenvalue weighted by Gasteiger charge is -2.18. The van der Waals surface area contributed by atoms with Gasteiger partial charge >= 0.3 is 17.9 Å². The number of ether oxygens (including phenoxy) is 3. The van der Waals surface area contributed by atoms with Crippen LogP contribution in [-0.4, -0.2) is 37.2 Å². The van der Waals surface area contributed by atoms with Crippen LogP contribution in [0.1, 0.15) is 265 Å². The predicted molar refractivity (Wildman–Crippen MR) is 325 cm³/mol. The Labute approximate surface area is 462 Å². The number of hydrogen-bond acceptors (Lipinski definition) is 6. The Morgan fingerprint density at radius 1 is 0.280 bits per heavy atom. The molecule has 0 rings (SSSR count). The number of rotatable bonds is 54. The van der Waals surface area contributed by atoms with E-state index in [9.17, 15) is 14.4 Å². The van der Waals surface area contributed by atoms with Crippen molar-refractivity contribution in [2.24, 2.45) is 0 Å². The molecule has 0 aromatic heterocycles. The highest BCUT2D eigenvalue weighted by molar-refractivity contribution is 5.71. The highest BCUT2D eigenvalue weighted by Gasteiger charge is 2.19. The number of esters is 3. The summed E-state index contributed by atoms with van der Waals surface area (Å²) in [4.78, 5) is 38.2. The molecule has 0 bridgehead atoms. The fraction of sp³-hybridized carbons (Fsp3) is 0.638. The molecule has 424 valence electrons. The summed E-state index contributed by atoms with van der Waals surface area (Å²) in [5.41, 5.74) is 0. The Morgan fingerprint density at radius 2 is 0.520 bits per heavy atom. The highest BCUT2D eigenvalue weighted by atomic mass is 16.6. The Morgan fingerprint density at radius 3 is 0.827 bits per heavy atom. The number of unbranched alkanes of at least 4 members (excludes halogenated alkanes) is 21. The molecule has 0 N–H and O–H groups in total. The van der Waals surface area contributed by atoms with Gasteiger partial charge < -0.3 is 14.2 Å². The Bertz CT molecular complexity index is 1620. The largest absolute Gasteiger partial charge is 0.462 e. The van der Waals surface area contributed by atoms with Crippen LogP contribution in [0.2, 0.25) is 0 Å². The molecule has 1 atom stereocenters. The molecular formula is C69H112O6. The summed E-state index contributed by atoms with van der Waals surface area (Å²) in [7, 11) is 0. The summed E-state index contributed by atoms with van der Waals surface area (Å²) in [5, 5.41) is 0. The lowest BCUT2D eigenvalue weighted by molar-refractivity contribution is -0.167. The van der Waals surface area contributed by atoms with E-state index in [1.807, 2.05) is 0 Å². The van der Waals surface area contributed by atoms with E-state index in [0.29, 0.717) is 19.3 Å². The van der Waals surface area contributed by atoms with Crippen LogP contribution in [0, 0.1) is 0 Å². The first-order valence-corrected chi connectivity index (χ1v) is 30.7. The monoisotopic (exact) mass is 1040 g/mol. The van der Waals surface area contributed by atoms with Crippen molar-refractivity contribution < 1.29 is 28.6 Å². The Kier molecular flexibility index (Phi) is 58.4. The first kappa shape index (κ1) is 70.5. The maximum absolute atomic E-state index is 12.9. The lowest BCUT2D eigenvalue weighted by Crippen LogP contribution is -2.30. The molecule has 0 saturated heterocycles. The molecule has 0 aliphatic rings. The fourth-order valence-electron chi connectivity index (χ4n) is 8.06. The normalized spacial score (nSPS) is 13.1. The average molecular weight is 1040 g/mol. The molecule has 0 aromatic rings. The van der Waals surface area contributed by atoms with Crippen LogP contribution in [0.25, 0.3) is 0 Å². The standard InChI is InChI=1S/C69H112O6/c1-4-7-10-13-16-19-22-24-26-28-30-31-32-33-34-35-36-37-39-40-42-44-47-50-53-56-59-62-68(71)74-65-66(64-73-67(70)61-58-55-52-49-46-21-18-15-12-9-6-3)75-69(72)63-60-57-54-51-48-45-43-41-38-29-27-25-23-20-17-14-11-8-5-2/h7-8,10-11,15-20,24-27,30-31,33-34,36-38,41,66H,4-6,9,12-14,21-23,28-29,32,35,39-40,42-65H2,1-3H3/b10-7-,11-8-,18-15-,19-16-,20-17-,26-24-,27-25-,31-30-,34-33-,37-36-,41-38-. The zero-order chi connectivity index (χ0) is 54.3. The summed E-state index contributed by atoms with van der Waals surface area (Å²) in [6, 6.07) is 0. The van der Waals surface area contributed by atoms with Gasteiger partial charge in [0.1, 0.15) is 13.2 Å². The lowest BCUT2D eigenvalue weighted by atomic mass is 10.1. The maximum atomic E-state index is 12.9. The SMILES string of the molecule is CC/C=C\C/C=C\C/C=C\C/C=C\C/C=C\C/C=C\CCCCCCCCCCC(=O)OCC(COC(=O)CCCCCCC/C=C\CCCC)OC(=O)CCCCCCCC/C=C\C/C=C\C/C=C\C/C=C\CC. The van der Waals surface area contributed by atoms with E-state index >= 15 is 0 Å². The van der Waals surface area contributed by atoms with Crippen LogP contribution < -0.4 is 0 Å². The number of carbonyl (C=O) groups is 3. The van der Waals surface area contributed by atoms with Gasteiger partial charge in [0, 0.05) is 19.3 Å². The van der Waals surface area contributed by atoms with Crippen LogP contribution in [0.3, 0.4) is 0 Å². The molecule has 0 radical (unpaired) electrons. The second kappa shape index (κ2) is 62.1. The van der Waals surface area contributed by atoms with Crippen LogP contribution in [-0.2, 0) is 28.6 Å². The Balaban J connectivity index is 4.35. The van der Waals surface area contributed by atoms with Crippen molar-refractivity contribution >= 4 is 17.9 Å². The van der Waals surface area contributed by atoms with Crippen molar-refractivity contribution in [3.05, 3.63) is 134 Å². The van der Waals surface area contributed by atoms with Crippen molar-refractivity contribution in [3.63, 3.8) is 0 Å². The summed E-state index contributed by atoms with van der Waals surface area (Å²) in [6.07, 6.45) is 87.3. The van der Waals surface area contributed by atoms with Gasteiger partial charge in [-0.2, -0.15) is 0 Å². The van der Waals surface area contributed by atoms with Gasteiger partial charge in [0.15, 0.2) is 6.10 Å². The van der Waals surface area contributed by atoms with Crippen molar-refractivity contribution in [2.45, 2.75) is 271 Å². The second-order valence-corrected chi connectivity index (χ2v) is 19.8. The van der Waals surface area contributed by atoms with E-state index in [-0.39, 0.29) is 31.1 Å². The second-order valence-electron chi connectivity index (χ2n) is 19.8. The van der Waals surface area contributed by atoms with Crippen LogP contribution in [0.5, 0.6) is 0 Å². The van der Waals surface area contributed by atoms with Crippen LogP contribution in [0.4, 0.5) is 0 Å². The summed E-state index contributed by atoms with van der Waals surface area (Å²) in [6.45, 7) is 6.35. The number of hydrogen-bond donors (Lipinski definition) is 0. The minimum atomic E-state index is -0.798. The predicted octanol–water partition coefficient (Wildman–Crippen LogP) is 21.0. The van der Waals surface area contributed by atoms with E-state index in [1.54, 1.807) is 0 Å². The third-order valence-electron chi connectivity index (χ3n) is 12.6. The van der Waals surface area contributed by atoms with Gasteiger partial charge in [0.25, 0.3) is 0 Å². The van der Waals surface area contributed by atoms with E-state index in [1.165, 1.54) is 70.6 Å². The van der Waals surface area contributed by atoms with Crippen LogP contribution >= 0.6 is 0 Å². The van der Waals surface area contributed by atoms with Gasteiger partial charge in [-0.1, -0.05) is 251 Å². The first-order valence-electron chi connectivity index (χ1n) is 30.7. The quantitative estimate of drug-likeness (QED) is 0.0261. The Hall–Kier alpha value is -4.45. The molecule has 6 heteroatoms. The van der Waals surface area contributed by atoms with E-state index < -0.39 is 6.10 Å². The molecule has 75 heavy (non-hydrogen) atoms. The van der Waals surface area contributed by atoms with Crippen molar-refractivity contribution in [1.29, 1.82) is 0 Å². The molecule has 0 fully saturated rings. The molecule has 0 aromatic carbocycles. The van der Waals surface area contributed by atoms with Crippen molar-refractivity contribution in [1.82, 2.24) is 0 Å². The number of allylic oxidation sites excluding steroid dienone is 22. The molecule has 6 nitrogen and oxygen atoms in total. The molecule has 0 aliphatic heterocycles. The van der Waals surface area contributed by atoms with Crippen LogP contribution in [0.15, 0.2) is 134 Å². The van der Waals surface area contributed by atoms with Gasteiger partial charge in [0.05, 0.1) is 0 Å². The molecule has 0 saturated carbocycles. The number of carbonyl (C=O) groups excluding carboxylic acids is 3. The van der Waals surface area contributed by atoms with E-state index in [2.05, 4.69) is 154 Å². The van der Waals surface area contributed by atoms with Gasteiger partial charge in [-0.3, -0.25) is 14.4 Å². The fourth-order valence-corrected chi connectivity index (χ4v) is 8.06. The highest BCUT2D eigenvalue weighted by Crippen LogP contribution is 2.14. The third-order valence-corrected chi connectivity index (χ3v) is 12.6. The molecule has 0 amide bonds. The molecule has 0 spiro atoms. The molecule has 1 unspecified atom stereocenters. The smallest absolute Gasteiger partial charge is 0.306 e. The van der Waals surface area contributed by atoms with E-state index in [4.69, 9.17) is 14.2 Å². The van der Waals surface area contributed by atoms with E-state index in [0.717, 1.165) is 154 Å². The topological polar surface area (TPSA) is 78.9 Å². The first-order chi connectivity index (χ1) is 37.0. The minimum absolute atomic E-state index is 0.0944. The zero-order valence-corrected chi connectivity index (χ0v) is 48.5. The minimum Gasteiger partial charge on any atom is -0.462 e. The molecule has 0 heterocycles. The van der Waals surface area contributed by atoms with Crippen molar-refractivity contribution in [2.75, 3.05) is 13.2 Å². The molecule has 0 aliphatic carbocycles. The zero-order valence-electron chi connectivity index (χ0n) is 48.5. The summed E-state index contributed by atoms with van der Waals surface area (Å²) < 4.78 is 16.9. The summed E-state index contributed by atoms with van der Waals surface area (Å²) in [5.74, 6) is -0.927. The maximum Gasteiger partial charge on any atom is 0.306 e. The molecular weight excluding hydrogens is 925 g/mol. The average Bonchev–Trinajstić information content (AvgIpc) is 3.41. The van der Waals surface area contributed by atoms with Gasteiger partial charge in [0.2, 0.25) is 0 Å². The van der Waals surface area contributed by atoms with Gasteiger partial charge in [-0.15, -0.1) is 0 Å². The van der Waals surface area contributed by atoms with Crippen molar-refractivity contribution in [3.8, 4) is 0 Å². The van der Waals surface area contributed by atoms with Gasteiger partial charge in [-0.25, -0.2) is 0 Å². The van der Waals surface area contributed by atoms with Gasteiger partial charge in [-0.05, 0) is 128 Å². The summed E-state index contributed by atoms with van der Waals surface area (Å²) >= 11 is 0. The third kappa shape index (κ3) is 60.3.